The zero-order valence-electron chi connectivity index (χ0n) is 14.2. The van der Waals surface area contributed by atoms with Gasteiger partial charge in [-0.05, 0) is 6.42 Å². The first-order chi connectivity index (χ1) is 12.0. The lowest BCUT2D eigenvalue weighted by Crippen LogP contribution is -2.37. The summed E-state index contributed by atoms with van der Waals surface area (Å²) in [5.41, 5.74) is 0.613. The van der Waals surface area contributed by atoms with Crippen LogP contribution in [0.25, 0.3) is 0 Å². The van der Waals surface area contributed by atoms with E-state index in [9.17, 15) is 13.2 Å². The molecule has 0 spiro atoms. The lowest BCUT2D eigenvalue weighted by atomic mass is 10.3. The highest BCUT2D eigenvalue weighted by Gasteiger charge is 2.39. The molecule has 0 aliphatic carbocycles. The molecule has 1 aromatic heterocycles. The predicted octanol–water partition coefficient (Wildman–Crippen LogP) is -0.383. The fraction of sp³-hybridized carbons (Fsp3) is 0.667. The highest BCUT2D eigenvalue weighted by molar-refractivity contribution is 7.89. The Labute approximate surface area is 147 Å². The van der Waals surface area contributed by atoms with Crippen LogP contribution in [0.1, 0.15) is 18.5 Å². The smallest absolute Gasteiger partial charge is 0.305 e. The van der Waals surface area contributed by atoms with Crippen LogP contribution in [0.2, 0.25) is 0 Å². The fourth-order valence-electron chi connectivity index (χ4n) is 3.11. The number of nitrogens with zero attached hydrogens (tertiary/aromatic N) is 5. The topological polar surface area (TPSA) is 97.6 Å². The number of carbonyl (C=O) groups excluding carboxylic acids is 1. The van der Waals surface area contributed by atoms with Gasteiger partial charge in [0.25, 0.3) is 0 Å². The van der Waals surface area contributed by atoms with E-state index in [1.54, 1.807) is 10.9 Å². The summed E-state index contributed by atoms with van der Waals surface area (Å²) in [6.07, 6.45) is 6.78. The summed E-state index contributed by atoms with van der Waals surface area (Å²) >= 11 is 0. The standard InChI is InChI=1S/C15H23N5O4S/c1-24-15(21)5-4-8-19-9-13(16-17-19)10-20-11-14(12-25(20,22)23)18-6-2-3-7-18/h2-3,9,14H,4-8,10-12H2,1H3. The lowest BCUT2D eigenvalue weighted by Gasteiger charge is -2.21. The van der Waals surface area contributed by atoms with Gasteiger partial charge >= 0.3 is 5.97 Å². The van der Waals surface area contributed by atoms with Crippen molar-refractivity contribution in [3.63, 3.8) is 0 Å². The number of hydrogen-bond donors (Lipinski definition) is 0. The van der Waals surface area contributed by atoms with Crippen molar-refractivity contribution < 1.29 is 17.9 Å². The van der Waals surface area contributed by atoms with Gasteiger partial charge in [-0.25, -0.2) is 8.42 Å². The molecule has 1 fully saturated rings. The van der Waals surface area contributed by atoms with Crippen LogP contribution in [0, 0.1) is 0 Å². The van der Waals surface area contributed by atoms with Gasteiger partial charge in [0.15, 0.2) is 0 Å². The van der Waals surface area contributed by atoms with E-state index in [2.05, 4.69) is 32.1 Å². The molecule has 1 atom stereocenters. The van der Waals surface area contributed by atoms with E-state index in [4.69, 9.17) is 0 Å². The molecule has 3 rings (SSSR count). The molecule has 0 N–H and O–H groups in total. The average Bonchev–Trinajstić information content (AvgIpc) is 3.29. The first-order valence-corrected chi connectivity index (χ1v) is 9.91. The lowest BCUT2D eigenvalue weighted by molar-refractivity contribution is -0.140. The molecular weight excluding hydrogens is 346 g/mol. The van der Waals surface area contributed by atoms with Crippen molar-refractivity contribution in [2.24, 2.45) is 0 Å². The van der Waals surface area contributed by atoms with Gasteiger partial charge in [-0.2, -0.15) is 4.31 Å². The fourth-order valence-corrected chi connectivity index (χ4v) is 4.86. The third-order valence-electron chi connectivity index (χ3n) is 4.49. The van der Waals surface area contributed by atoms with Crippen LogP contribution in [0.3, 0.4) is 0 Å². The molecule has 10 heteroatoms. The minimum absolute atomic E-state index is 0.0232. The van der Waals surface area contributed by atoms with Crippen LogP contribution < -0.4 is 0 Å². The van der Waals surface area contributed by atoms with Crippen molar-refractivity contribution >= 4 is 16.0 Å². The Morgan fingerprint density at radius 3 is 2.84 bits per heavy atom. The third-order valence-corrected chi connectivity index (χ3v) is 6.36. The number of methoxy groups -OCH3 is 1. The quantitative estimate of drug-likeness (QED) is 0.477. The van der Waals surface area contributed by atoms with Gasteiger partial charge in [-0.1, -0.05) is 17.4 Å². The van der Waals surface area contributed by atoms with Crippen LogP contribution in [-0.2, 0) is 32.6 Å². The SMILES string of the molecule is COC(=O)CCCn1cc(CN2CC(N3CC=CC3)CS2(=O)=O)nn1. The molecule has 25 heavy (non-hydrogen) atoms. The highest BCUT2D eigenvalue weighted by Crippen LogP contribution is 2.22. The molecule has 3 heterocycles. The van der Waals surface area contributed by atoms with Gasteiger partial charge in [0.1, 0.15) is 0 Å². The Morgan fingerprint density at radius 1 is 1.36 bits per heavy atom. The molecular formula is C15H23N5O4S. The van der Waals surface area contributed by atoms with Crippen LogP contribution >= 0.6 is 0 Å². The largest absolute Gasteiger partial charge is 0.469 e. The van der Waals surface area contributed by atoms with Crippen molar-refractivity contribution in [1.29, 1.82) is 0 Å². The Bertz CT molecular complexity index is 737. The van der Waals surface area contributed by atoms with E-state index in [0.29, 0.717) is 31.6 Å². The summed E-state index contributed by atoms with van der Waals surface area (Å²) < 4.78 is 32.5. The second kappa shape index (κ2) is 7.63. The monoisotopic (exact) mass is 369 g/mol. The number of ether oxygens (including phenoxy) is 1. The summed E-state index contributed by atoms with van der Waals surface area (Å²) in [4.78, 5) is 13.3. The van der Waals surface area contributed by atoms with E-state index < -0.39 is 10.0 Å². The Balaban J connectivity index is 1.54. The molecule has 9 nitrogen and oxygen atoms in total. The van der Waals surface area contributed by atoms with Crippen molar-refractivity contribution in [2.75, 3.05) is 32.5 Å². The minimum atomic E-state index is -3.27. The molecule has 1 saturated heterocycles. The predicted molar refractivity (Wildman–Crippen MR) is 90.0 cm³/mol. The molecule has 0 radical (unpaired) electrons. The van der Waals surface area contributed by atoms with E-state index in [-0.39, 0.29) is 24.3 Å². The maximum absolute atomic E-state index is 12.4. The maximum atomic E-state index is 12.4. The van der Waals surface area contributed by atoms with Crippen LogP contribution in [0.15, 0.2) is 18.3 Å². The summed E-state index contributed by atoms with van der Waals surface area (Å²) in [5, 5.41) is 8.05. The molecule has 2 aliphatic heterocycles. The average molecular weight is 369 g/mol. The van der Waals surface area contributed by atoms with E-state index >= 15 is 0 Å². The van der Waals surface area contributed by atoms with Crippen molar-refractivity contribution in [2.45, 2.75) is 32.0 Å². The van der Waals surface area contributed by atoms with Crippen LogP contribution in [0.4, 0.5) is 0 Å². The van der Waals surface area contributed by atoms with Gasteiger partial charge in [0.2, 0.25) is 10.0 Å². The molecule has 0 amide bonds. The van der Waals surface area contributed by atoms with Crippen LogP contribution in [-0.4, -0.2) is 77.1 Å². The molecule has 1 aromatic rings. The van der Waals surface area contributed by atoms with Gasteiger partial charge < -0.3 is 4.74 Å². The molecule has 2 aliphatic rings. The summed E-state index contributed by atoms with van der Waals surface area (Å²) in [7, 11) is -1.91. The normalized spacial score (nSPS) is 23.3. The molecule has 138 valence electrons. The molecule has 1 unspecified atom stereocenters. The van der Waals surface area contributed by atoms with Gasteiger partial charge in [0.05, 0.1) is 25.1 Å². The summed E-state index contributed by atoms with van der Waals surface area (Å²) in [6, 6.07) is 0.0232. The Morgan fingerprint density at radius 2 is 2.12 bits per heavy atom. The maximum Gasteiger partial charge on any atom is 0.305 e. The van der Waals surface area contributed by atoms with E-state index in [1.807, 2.05) is 0 Å². The number of carbonyl (C=O) groups is 1. The van der Waals surface area contributed by atoms with Crippen molar-refractivity contribution in [3.8, 4) is 0 Å². The first-order valence-electron chi connectivity index (χ1n) is 8.30. The van der Waals surface area contributed by atoms with Gasteiger partial charge in [-0.3, -0.25) is 14.4 Å². The number of aromatic nitrogens is 3. The molecule has 0 aromatic carbocycles. The zero-order chi connectivity index (χ0) is 17.9. The van der Waals surface area contributed by atoms with E-state index in [0.717, 1.165) is 13.1 Å². The number of hydrogen-bond acceptors (Lipinski definition) is 7. The van der Waals surface area contributed by atoms with Crippen LogP contribution in [0.5, 0.6) is 0 Å². The summed E-state index contributed by atoms with van der Waals surface area (Å²) in [6.45, 7) is 2.88. The first kappa shape index (κ1) is 18.0. The van der Waals surface area contributed by atoms with E-state index in [1.165, 1.54) is 11.4 Å². The number of sulfonamides is 1. The zero-order valence-corrected chi connectivity index (χ0v) is 15.1. The summed E-state index contributed by atoms with van der Waals surface area (Å²) in [5.74, 6) is -0.104. The number of esters is 1. The molecule has 0 saturated carbocycles. The second-order valence-electron chi connectivity index (χ2n) is 6.30. The van der Waals surface area contributed by atoms with Crippen molar-refractivity contribution in [3.05, 3.63) is 24.0 Å². The van der Waals surface area contributed by atoms with Crippen molar-refractivity contribution in [1.82, 2.24) is 24.2 Å². The van der Waals surface area contributed by atoms with Gasteiger partial charge in [0, 0.05) is 44.8 Å². The number of aryl methyl sites for hydroxylation is 1. The Hall–Kier alpha value is -1.78. The van der Waals surface area contributed by atoms with Gasteiger partial charge in [-0.15, -0.1) is 5.10 Å². The highest BCUT2D eigenvalue weighted by atomic mass is 32.2. The minimum Gasteiger partial charge on any atom is -0.469 e. The third kappa shape index (κ3) is 4.44. The Kier molecular flexibility index (Phi) is 5.50. The molecule has 0 bridgehead atoms. The number of rotatable bonds is 7. The second-order valence-corrected chi connectivity index (χ2v) is 8.32.